The minimum Gasteiger partial charge on any atom is -0.395 e. The molecular weight excluding hydrogens is 280 g/mol. The molecule has 0 aliphatic heterocycles. The van der Waals surface area contributed by atoms with Crippen LogP contribution in [0.3, 0.4) is 0 Å². The molecule has 0 saturated heterocycles. The minimum absolute atomic E-state index is 0.0827. The van der Waals surface area contributed by atoms with Gasteiger partial charge in [-0.1, -0.05) is 0 Å². The molecule has 0 unspecified atom stereocenters. The van der Waals surface area contributed by atoms with E-state index in [0.29, 0.717) is 17.8 Å². The van der Waals surface area contributed by atoms with Crippen LogP contribution in [0.2, 0.25) is 0 Å². The van der Waals surface area contributed by atoms with Crippen molar-refractivity contribution in [3.63, 3.8) is 0 Å². The number of carbonyl (C=O) groups excluding carboxylic acids is 1. The van der Waals surface area contributed by atoms with Crippen LogP contribution in [0.15, 0.2) is 42.6 Å². The number of nitriles is 1. The van der Waals surface area contributed by atoms with Crippen LogP contribution in [0, 0.1) is 11.3 Å². The highest BCUT2D eigenvalue weighted by Crippen LogP contribution is 2.17. The van der Waals surface area contributed by atoms with Crippen LogP contribution in [0.1, 0.15) is 16.1 Å². The first-order valence-corrected chi connectivity index (χ1v) is 6.73. The number of aliphatic hydroxyl groups is 1. The number of hydrogen-bond donors (Lipinski definition) is 2. The van der Waals surface area contributed by atoms with Gasteiger partial charge in [-0.25, -0.2) is 4.98 Å². The summed E-state index contributed by atoms with van der Waals surface area (Å²) in [6, 6.07) is 12.3. The SMILES string of the molecule is CN(CCO)c1ccc(NC(=O)c2ccc(C#N)cn2)cc1. The first kappa shape index (κ1) is 15.5. The molecule has 2 rings (SSSR count). The summed E-state index contributed by atoms with van der Waals surface area (Å²) in [6.07, 6.45) is 1.36. The lowest BCUT2D eigenvalue weighted by Gasteiger charge is -2.18. The number of hydrogen-bond acceptors (Lipinski definition) is 5. The van der Waals surface area contributed by atoms with Gasteiger partial charge in [-0.3, -0.25) is 4.79 Å². The average Bonchev–Trinajstić information content (AvgIpc) is 2.55. The molecule has 1 aromatic carbocycles. The van der Waals surface area contributed by atoms with Crippen molar-refractivity contribution in [2.24, 2.45) is 0 Å². The molecule has 22 heavy (non-hydrogen) atoms. The van der Waals surface area contributed by atoms with E-state index in [9.17, 15) is 4.79 Å². The zero-order chi connectivity index (χ0) is 15.9. The van der Waals surface area contributed by atoms with Crippen LogP contribution in [0.4, 0.5) is 11.4 Å². The van der Waals surface area contributed by atoms with Gasteiger partial charge < -0.3 is 15.3 Å². The number of amides is 1. The highest BCUT2D eigenvalue weighted by molar-refractivity contribution is 6.02. The third-order valence-electron chi connectivity index (χ3n) is 3.13. The lowest BCUT2D eigenvalue weighted by atomic mass is 10.2. The first-order valence-electron chi connectivity index (χ1n) is 6.73. The monoisotopic (exact) mass is 296 g/mol. The summed E-state index contributed by atoms with van der Waals surface area (Å²) in [4.78, 5) is 17.9. The molecule has 0 spiro atoms. The van der Waals surface area contributed by atoms with E-state index in [4.69, 9.17) is 10.4 Å². The highest BCUT2D eigenvalue weighted by atomic mass is 16.3. The Hall–Kier alpha value is -2.91. The fourth-order valence-electron chi connectivity index (χ4n) is 1.87. The summed E-state index contributed by atoms with van der Waals surface area (Å²) in [7, 11) is 1.88. The average molecular weight is 296 g/mol. The van der Waals surface area contributed by atoms with Crippen molar-refractivity contribution in [3.8, 4) is 6.07 Å². The van der Waals surface area contributed by atoms with E-state index in [2.05, 4.69) is 10.3 Å². The molecule has 0 aliphatic rings. The number of anilines is 2. The van der Waals surface area contributed by atoms with E-state index in [1.807, 2.05) is 30.1 Å². The molecule has 1 amide bonds. The van der Waals surface area contributed by atoms with Crippen molar-refractivity contribution in [2.45, 2.75) is 0 Å². The van der Waals surface area contributed by atoms with Crippen LogP contribution < -0.4 is 10.2 Å². The second-order valence-electron chi connectivity index (χ2n) is 4.69. The summed E-state index contributed by atoms with van der Waals surface area (Å²) in [5, 5.41) is 20.4. The number of nitrogens with one attached hydrogen (secondary N) is 1. The van der Waals surface area contributed by atoms with Gasteiger partial charge in [0, 0.05) is 31.2 Å². The summed E-state index contributed by atoms with van der Waals surface area (Å²) in [5.41, 5.74) is 2.26. The number of aliphatic hydroxyl groups excluding tert-OH is 1. The van der Waals surface area contributed by atoms with E-state index in [1.54, 1.807) is 18.2 Å². The van der Waals surface area contributed by atoms with Gasteiger partial charge in [-0.15, -0.1) is 0 Å². The molecule has 112 valence electrons. The van der Waals surface area contributed by atoms with Crippen molar-refractivity contribution in [2.75, 3.05) is 30.4 Å². The van der Waals surface area contributed by atoms with E-state index >= 15 is 0 Å². The van der Waals surface area contributed by atoms with Crippen molar-refractivity contribution in [3.05, 3.63) is 53.9 Å². The predicted octanol–water partition coefficient (Wildman–Crippen LogP) is 1.63. The topological polar surface area (TPSA) is 89.2 Å². The van der Waals surface area contributed by atoms with Gasteiger partial charge >= 0.3 is 0 Å². The quantitative estimate of drug-likeness (QED) is 0.875. The number of pyridine rings is 1. The van der Waals surface area contributed by atoms with Gasteiger partial charge in [0.1, 0.15) is 11.8 Å². The highest BCUT2D eigenvalue weighted by Gasteiger charge is 2.08. The number of nitrogens with zero attached hydrogens (tertiary/aromatic N) is 3. The Morgan fingerprint density at radius 1 is 1.32 bits per heavy atom. The summed E-state index contributed by atoms with van der Waals surface area (Å²) in [5.74, 6) is -0.332. The standard InChI is InChI=1S/C16H16N4O2/c1-20(8-9-21)14-5-3-13(4-6-14)19-16(22)15-7-2-12(10-17)11-18-15/h2-7,11,21H,8-9H2,1H3,(H,19,22). The molecule has 1 aromatic heterocycles. The maximum Gasteiger partial charge on any atom is 0.274 e. The van der Waals surface area contributed by atoms with Crippen molar-refractivity contribution in [1.82, 2.24) is 4.98 Å². The number of rotatable bonds is 5. The number of benzene rings is 1. The normalized spacial score (nSPS) is 9.86. The molecule has 0 aliphatic carbocycles. The molecule has 0 saturated carbocycles. The van der Waals surface area contributed by atoms with Gasteiger partial charge in [0.15, 0.2) is 0 Å². The Morgan fingerprint density at radius 3 is 2.59 bits per heavy atom. The Morgan fingerprint density at radius 2 is 2.05 bits per heavy atom. The third-order valence-corrected chi connectivity index (χ3v) is 3.13. The minimum atomic E-state index is -0.332. The van der Waals surface area contributed by atoms with Crippen LogP contribution in [0.25, 0.3) is 0 Å². The maximum absolute atomic E-state index is 12.0. The molecule has 0 atom stereocenters. The molecule has 2 N–H and O–H groups in total. The largest absolute Gasteiger partial charge is 0.395 e. The fraction of sp³-hybridized carbons (Fsp3) is 0.188. The van der Waals surface area contributed by atoms with Crippen LogP contribution in [0.5, 0.6) is 0 Å². The Kier molecular flexibility index (Phi) is 5.07. The summed E-state index contributed by atoms with van der Waals surface area (Å²) in [6.45, 7) is 0.625. The lowest BCUT2D eigenvalue weighted by Crippen LogP contribution is -2.21. The van der Waals surface area contributed by atoms with E-state index in [1.165, 1.54) is 12.3 Å². The number of carbonyl (C=O) groups is 1. The molecule has 6 nitrogen and oxygen atoms in total. The smallest absolute Gasteiger partial charge is 0.274 e. The molecule has 0 fully saturated rings. The van der Waals surface area contributed by atoms with Crippen LogP contribution in [-0.4, -0.2) is 36.2 Å². The van der Waals surface area contributed by atoms with Gasteiger partial charge in [0.05, 0.1) is 12.2 Å². The summed E-state index contributed by atoms with van der Waals surface area (Å²) < 4.78 is 0. The maximum atomic E-state index is 12.0. The van der Waals surface area contributed by atoms with Gasteiger partial charge in [-0.2, -0.15) is 5.26 Å². The van der Waals surface area contributed by atoms with Gasteiger partial charge in [-0.05, 0) is 36.4 Å². The second-order valence-corrected chi connectivity index (χ2v) is 4.69. The van der Waals surface area contributed by atoms with Crippen LogP contribution >= 0.6 is 0 Å². The van der Waals surface area contributed by atoms with Crippen molar-refractivity contribution < 1.29 is 9.90 Å². The molecule has 0 bridgehead atoms. The van der Waals surface area contributed by atoms with Crippen molar-refractivity contribution >= 4 is 17.3 Å². The molecule has 0 radical (unpaired) electrons. The molecule has 6 heteroatoms. The third kappa shape index (κ3) is 3.81. The second kappa shape index (κ2) is 7.20. The molecule has 2 aromatic rings. The van der Waals surface area contributed by atoms with Crippen LogP contribution in [-0.2, 0) is 0 Å². The first-order chi connectivity index (χ1) is 10.6. The zero-order valence-electron chi connectivity index (χ0n) is 12.2. The van der Waals surface area contributed by atoms with E-state index in [-0.39, 0.29) is 18.2 Å². The van der Waals surface area contributed by atoms with E-state index in [0.717, 1.165) is 5.69 Å². The zero-order valence-corrected chi connectivity index (χ0v) is 12.2. The molecule has 1 heterocycles. The Bertz CT molecular complexity index is 675. The fourth-order valence-corrected chi connectivity index (χ4v) is 1.87. The molecular formula is C16H16N4O2. The number of aromatic nitrogens is 1. The van der Waals surface area contributed by atoms with Crippen molar-refractivity contribution in [1.29, 1.82) is 5.26 Å². The van der Waals surface area contributed by atoms with E-state index < -0.39 is 0 Å². The Labute approximate surface area is 128 Å². The summed E-state index contributed by atoms with van der Waals surface area (Å²) >= 11 is 0. The number of likely N-dealkylation sites (N-methyl/N-ethyl adjacent to an activating group) is 1. The Balaban J connectivity index is 2.03. The van der Waals surface area contributed by atoms with Gasteiger partial charge in [0.25, 0.3) is 5.91 Å². The lowest BCUT2D eigenvalue weighted by molar-refractivity contribution is 0.102. The van der Waals surface area contributed by atoms with Gasteiger partial charge in [0.2, 0.25) is 0 Å². The predicted molar refractivity (Wildman–Crippen MR) is 83.7 cm³/mol.